The van der Waals surface area contributed by atoms with Crippen molar-refractivity contribution >= 4 is 0 Å². The monoisotopic (exact) mass is 243 g/mol. The smallest absolute Gasteiger partial charge is 0.0651 e. The van der Waals surface area contributed by atoms with Crippen molar-refractivity contribution in [2.45, 2.75) is 33.6 Å². The van der Waals surface area contributed by atoms with Crippen LogP contribution in [-0.4, -0.2) is 16.3 Å². The Labute approximate surface area is 109 Å². The fraction of sp³-hybridized carbons (Fsp3) is 0.400. The van der Waals surface area contributed by atoms with E-state index in [4.69, 9.17) is 5.73 Å². The second kappa shape index (κ2) is 5.36. The van der Waals surface area contributed by atoms with E-state index in [1.165, 1.54) is 16.8 Å². The average molecular weight is 243 g/mol. The maximum atomic E-state index is 5.61. The molecule has 0 unspecified atom stereocenters. The van der Waals surface area contributed by atoms with E-state index in [0.29, 0.717) is 6.54 Å². The summed E-state index contributed by atoms with van der Waals surface area (Å²) in [6.45, 7) is 7.06. The van der Waals surface area contributed by atoms with Gasteiger partial charge in [0, 0.05) is 5.69 Å². The highest BCUT2D eigenvalue weighted by atomic mass is 15.3. The van der Waals surface area contributed by atoms with Crippen molar-refractivity contribution in [1.29, 1.82) is 0 Å². The van der Waals surface area contributed by atoms with Gasteiger partial charge in [0.1, 0.15) is 0 Å². The van der Waals surface area contributed by atoms with Crippen LogP contribution in [0.3, 0.4) is 0 Å². The van der Waals surface area contributed by atoms with Crippen molar-refractivity contribution in [3.8, 4) is 5.69 Å². The van der Waals surface area contributed by atoms with Crippen molar-refractivity contribution < 1.29 is 0 Å². The molecule has 0 bridgehead atoms. The molecule has 0 fully saturated rings. The number of nitrogens with zero attached hydrogens (tertiary/aromatic N) is 2. The lowest BCUT2D eigenvalue weighted by Gasteiger charge is -2.07. The number of nitrogens with two attached hydrogens (primary N) is 1. The third-order valence-electron chi connectivity index (χ3n) is 3.38. The molecule has 3 heteroatoms. The van der Waals surface area contributed by atoms with E-state index in [2.05, 4.69) is 50.1 Å². The highest BCUT2D eigenvalue weighted by molar-refractivity contribution is 5.39. The summed E-state index contributed by atoms with van der Waals surface area (Å²) in [6.07, 6.45) is 1.94. The molecule has 96 valence electrons. The summed E-state index contributed by atoms with van der Waals surface area (Å²) in [4.78, 5) is 0. The molecule has 0 atom stereocenters. The zero-order chi connectivity index (χ0) is 13.1. The number of hydrogen-bond donors (Lipinski definition) is 1. The Balaban J connectivity index is 2.45. The minimum Gasteiger partial charge on any atom is -0.330 e. The molecule has 0 aliphatic heterocycles. The summed E-state index contributed by atoms with van der Waals surface area (Å²) in [5.74, 6) is 0. The zero-order valence-corrected chi connectivity index (χ0v) is 11.4. The van der Waals surface area contributed by atoms with E-state index in [0.717, 1.165) is 24.2 Å². The lowest BCUT2D eigenvalue weighted by molar-refractivity contribution is 0.829. The summed E-state index contributed by atoms with van der Waals surface area (Å²) in [5.41, 5.74) is 11.7. The van der Waals surface area contributed by atoms with Gasteiger partial charge in [-0.2, -0.15) is 5.10 Å². The molecule has 2 N–H and O–H groups in total. The summed E-state index contributed by atoms with van der Waals surface area (Å²) < 4.78 is 2.04. The van der Waals surface area contributed by atoms with Gasteiger partial charge in [-0.05, 0) is 56.5 Å². The molecule has 2 aromatic rings. The summed E-state index contributed by atoms with van der Waals surface area (Å²) in [6, 6.07) is 8.45. The Morgan fingerprint density at radius 1 is 1.28 bits per heavy atom. The molecule has 1 heterocycles. The fourth-order valence-electron chi connectivity index (χ4n) is 2.45. The first-order valence-electron chi connectivity index (χ1n) is 6.51. The molecule has 0 amide bonds. The Kier molecular flexibility index (Phi) is 3.82. The summed E-state index contributed by atoms with van der Waals surface area (Å²) in [7, 11) is 0. The van der Waals surface area contributed by atoms with Crippen LogP contribution < -0.4 is 5.73 Å². The molecule has 2 rings (SSSR count). The Hall–Kier alpha value is -1.61. The summed E-state index contributed by atoms with van der Waals surface area (Å²) in [5, 5.41) is 4.64. The molecule has 1 aromatic carbocycles. The maximum Gasteiger partial charge on any atom is 0.0651 e. The molecular formula is C15H21N3. The third-order valence-corrected chi connectivity index (χ3v) is 3.38. The van der Waals surface area contributed by atoms with Crippen LogP contribution in [0.25, 0.3) is 5.69 Å². The molecule has 0 aliphatic carbocycles. The zero-order valence-electron chi connectivity index (χ0n) is 11.4. The average Bonchev–Trinajstić information content (AvgIpc) is 2.65. The van der Waals surface area contributed by atoms with Gasteiger partial charge < -0.3 is 5.73 Å². The first-order valence-corrected chi connectivity index (χ1v) is 6.51. The summed E-state index contributed by atoms with van der Waals surface area (Å²) >= 11 is 0. The molecular weight excluding hydrogens is 222 g/mol. The van der Waals surface area contributed by atoms with Gasteiger partial charge in [0.25, 0.3) is 0 Å². The first kappa shape index (κ1) is 12.8. The second-order valence-corrected chi connectivity index (χ2v) is 4.62. The van der Waals surface area contributed by atoms with Crippen LogP contribution in [0.4, 0.5) is 0 Å². The van der Waals surface area contributed by atoms with Crippen LogP contribution in [0, 0.1) is 13.8 Å². The third kappa shape index (κ3) is 2.31. The van der Waals surface area contributed by atoms with Crippen LogP contribution in [0.15, 0.2) is 24.3 Å². The largest absolute Gasteiger partial charge is 0.330 e. The molecule has 0 radical (unpaired) electrons. The van der Waals surface area contributed by atoms with Gasteiger partial charge in [0.15, 0.2) is 0 Å². The van der Waals surface area contributed by atoms with Crippen LogP contribution >= 0.6 is 0 Å². The first-order chi connectivity index (χ1) is 8.67. The predicted octanol–water partition coefficient (Wildman–Crippen LogP) is 2.55. The van der Waals surface area contributed by atoms with Gasteiger partial charge in [-0.15, -0.1) is 0 Å². The minimum atomic E-state index is 0.681. The van der Waals surface area contributed by atoms with Gasteiger partial charge in [0.05, 0.1) is 11.4 Å². The van der Waals surface area contributed by atoms with Crippen molar-refractivity contribution in [2.24, 2.45) is 5.73 Å². The fourth-order valence-corrected chi connectivity index (χ4v) is 2.45. The van der Waals surface area contributed by atoms with Crippen molar-refractivity contribution in [2.75, 3.05) is 6.54 Å². The molecule has 3 nitrogen and oxygen atoms in total. The van der Waals surface area contributed by atoms with Crippen molar-refractivity contribution in [3.05, 3.63) is 46.8 Å². The predicted molar refractivity (Wildman–Crippen MR) is 75.2 cm³/mol. The van der Waals surface area contributed by atoms with Crippen molar-refractivity contribution in [3.63, 3.8) is 0 Å². The highest BCUT2D eigenvalue weighted by Crippen LogP contribution is 2.19. The highest BCUT2D eigenvalue weighted by Gasteiger charge is 2.11. The van der Waals surface area contributed by atoms with Crippen LogP contribution in [0.2, 0.25) is 0 Å². The maximum absolute atomic E-state index is 5.61. The van der Waals surface area contributed by atoms with Crippen molar-refractivity contribution in [1.82, 2.24) is 9.78 Å². The molecule has 18 heavy (non-hydrogen) atoms. The topological polar surface area (TPSA) is 43.8 Å². The lowest BCUT2D eigenvalue weighted by Crippen LogP contribution is -2.04. The van der Waals surface area contributed by atoms with Crippen LogP contribution in [0.1, 0.15) is 29.4 Å². The van der Waals surface area contributed by atoms with Gasteiger partial charge >= 0.3 is 0 Å². The Morgan fingerprint density at radius 3 is 2.67 bits per heavy atom. The van der Waals surface area contributed by atoms with Gasteiger partial charge in [0.2, 0.25) is 0 Å². The van der Waals surface area contributed by atoms with Crippen LogP contribution in [-0.2, 0) is 12.8 Å². The quantitative estimate of drug-likeness (QED) is 0.897. The number of benzene rings is 1. The van der Waals surface area contributed by atoms with Gasteiger partial charge in [-0.3, -0.25) is 0 Å². The van der Waals surface area contributed by atoms with E-state index in [1.54, 1.807) is 0 Å². The van der Waals surface area contributed by atoms with Gasteiger partial charge in [-0.1, -0.05) is 19.1 Å². The molecule has 0 spiro atoms. The Bertz CT molecular complexity index is 541. The molecule has 0 saturated heterocycles. The van der Waals surface area contributed by atoms with E-state index >= 15 is 0 Å². The molecule has 1 aromatic heterocycles. The lowest BCUT2D eigenvalue weighted by atomic mass is 10.1. The number of rotatable bonds is 4. The number of aromatic nitrogens is 2. The van der Waals surface area contributed by atoms with Gasteiger partial charge in [-0.25, -0.2) is 4.68 Å². The number of aryl methyl sites for hydroxylation is 1. The standard InChI is InChI=1S/C15H21N3/c1-4-15-11(2)17-18(12(15)3)14-7-5-6-13(10-14)8-9-16/h5-7,10H,4,8-9,16H2,1-3H3. The molecule has 0 aliphatic rings. The second-order valence-electron chi connectivity index (χ2n) is 4.62. The minimum absolute atomic E-state index is 0.681. The van der Waals surface area contributed by atoms with E-state index in [9.17, 15) is 0 Å². The van der Waals surface area contributed by atoms with E-state index < -0.39 is 0 Å². The molecule has 0 saturated carbocycles. The number of hydrogen-bond acceptors (Lipinski definition) is 2. The normalized spacial score (nSPS) is 10.9. The van der Waals surface area contributed by atoms with Crippen LogP contribution in [0.5, 0.6) is 0 Å². The SMILES string of the molecule is CCc1c(C)nn(-c2cccc(CCN)c2)c1C. The van der Waals surface area contributed by atoms with E-state index in [-0.39, 0.29) is 0 Å². The van der Waals surface area contributed by atoms with E-state index in [1.807, 2.05) is 4.68 Å². The Morgan fingerprint density at radius 2 is 2.06 bits per heavy atom.